The molecule has 0 bridgehead atoms. The molecular weight excluding hydrogens is 328 g/mol. The van der Waals surface area contributed by atoms with E-state index < -0.39 is 11.2 Å². The highest BCUT2D eigenvalue weighted by atomic mass is 32.2. The Balaban J connectivity index is 2.13. The van der Waals surface area contributed by atoms with Crippen molar-refractivity contribution >= 4 is 11.8 Å². The van der Waals surface area contributed by atoms with Crippen molar-refractivity contribution in [3.05, 3.63) is 44.9 Å². The van der Waals surface area contributed by atoms with Crippen LogP contribution in [0, 0.1) is 11.3 Å². The molecule has 1 aliphatic carbocycles. The second-order valence-corrected chi connectivity index (χ2v) is 6.57. The molecule has 2 aromatic heterocycles. The van der Waals surface area contributed by atoms with Gasteiger partial charge in [-0.1, -0.05) is 6.08 Å². The van der Waals surface area contributed by atoms with Crippen LogP contribution < -0.4 is 11.2 Å². The van der Waals surface area contributed by atoms with Crippen molar-refractivity contribution in [3.8, 4) is 6.07 Å². The summed E-state index contributed by atoms with van der Waals surface area (Å²) in [5.41, 5.74) is -1.18. The molecule has 0 N–H and O–H groups in total. The largest absolute Gasteiger partial charge is 0.331 e. The summed E-state index contributed by atoms with van der Waals surface area (Å²) in [6, 6.07) is 1.89. The van der Waals surface area contributed by atoms with Crippen molar-refractivity contribution in [1.82, 2.24) is 23.9 Å². The predicted octanol–water partition coefficient (Wildman–Crippen LogP) is 0.762. The van der Waals surface area contributed by atoms with Crippen molar-refractivity contribution in [2.45, 2.75) is 35.5 Å². The first kappa shape index (κ1) is 16.3. The predicted molar refractivity (Wildman–Crippen MR) is 88.0 cm³/mol. The fourth-order valence-corrected chi connectivity index (χ4v) is 3.43. The van der Waals surface area contributed by atoms with Gasteiger partial charge in [0.15, 0.2) is 5.16 Å². The highest BCUT2D eigenvalue weighted by Crippen LogP contribution is 2.40. The van der Waals surface area contributed by atoms with Crippen molar-refractivity contribution in [2.24, 2.45) is 14.1 Å². The molecule has 8 nitrogen and oxygen atoms in total. The Hall–Kier alpha value is -2.60. The van der Waals surface area contributed by atoms with E-state index in [0.29, 0.717) is 17.6 Å². The first-order valence-electron chi connectivity index (χ1n) is 7.41. The number of allylic oxidation sites excluding steroid dienone is 1. The monoisotopic (exact) mass is 344 g/mol. The second kappa shape index (κ2) is 6.13. The molecule has 0 saturated heterocycles. The highest BCUT2D eigenvalue weighted by molar-refractivity contribution is 7.99. The van der Waals surface area contributed by atoms with E-state index in [-0.39, 0.29) is 10.6 Å². The van der Waals surface area contributed by atoms with E-state index in [1.165, 1.54) is 18.7 Å². The fourth-order valence-electron chi connectivity index (χ4n) is 2.45. The fraction of sp³-hybridized carbons (Fsp3) is 0.400. The van der Waals surface area contributed by atoms with Gasteiger partial charge in [-0.15, -0.1) is 16.8 Å². The van der Waals surface area contributed by atoms with Crippen LogP contribution in [0.1, 0.15) is 30.1 Å². The van der Waals surface area contributed by atoms with E-state index in [1.807, 2.05) is 10.6 Å². The Labute approximate surface area is 142 Å². The van der Waals surface area contributed by atoms with Gasteiger partial charge < -0.3 is 4.57 Å². The van der Waals surface area contributed by atoms with Gasteiger partial charge in [-0.2, -0.15) is 5.26 Å². The molecule has 2 aromatic rings. The topological polar surface area (TPSA) is 98.5 Å². The average Bonchev–Trinajstić information content (AvgIpc) is 3.34. The zero-order chi connectivity index (χ0) is 17.4. The zero-order valence-corrected chi connectivity index (χ0v) is 14.2. The van der Waals surface area contributed by atoms with Crippen LogP contribution in [-0.4, -0.2) is 23.9 Å². The highest BCUT2D eigenvalue weighted by Gasteiger charge is 2.30. The molecular formula is C15H16N6O2S. The van der Waals surface area contributed by atoms with E-state index in [0.717, 1.165) is 35.0 Å². The van der Waals surface area contributed by atoms with Gasteiger partial charge in [-0.3, -0.25) is 13.9 Å². The summed E-state index contributed by atoms with van der Waals surface area (Å²) in [7, 11) is 2.88. The zero-order valence-electron chi connectivity index (χ0n) is 13.4. The lowest BCUT2D eigenvalue weighted by molar-refractivity contribution is 0.627. The van der Waals surface area contributed by atoms with Gasteiger partial charge >= 0.3 is 5.69 Å². The van der Waals surface area contributed by atoms with Crippen LogP contribution in [0.25, 0.3) is 0 Å². The van der Waals surface area contributed by atoms with Crippen molar-refractivity contribution in [2.75, 3.05) is 0 Å². The van der Waals surface area contributed by atoms with Gasteiger partial charge in [0.2, 0.25) is 0 Å². The normalized spacial score (nSPS) is 13.7. The maximum atomic E-state index is 12.2. The van der Waals surface area contributed by atoms with Crippen LogP contribution in [0.5, 0.6) is 0 Å². The maximum Gasteiger partial charge on any atom is 0.331 e. The number of rotatable bonds is 5. The quantitative estimate of drug-likeness (QED) is 0.587. The van der Waals surface area contributed by atoms with Crippen molar-refractivity contribution < 1.29 is 0 Å². The Kier molecular flexibility index (Phi) is 4.15. The standard InChI is InChI=1S/C15H16N6O2S/c1-4-7-21-11(9-5-6-9)17-18-14(21)24-13-10(8-16)12(22)19(2)15(23)20(13)3/h4,9H,1,5-7H2,2-3H3. The molecule has 0 unspecified atom stereocenters. The van der Waals surface area contributed by atoms with Crippen molar-refractivity contribution in [3.63, 3.8) is 0 Å². The maximum absolute atomic E-state index is 12.2. The third kappa shape index (κ3) is 2.59. The molecule has 1 aliphatic rings. The Morgan fingerprint density at radius 2 is 2.04 bits per heavy atom. The van der Waals surface area contributed by atoms with Gasteiger partial charge in [0.05, 0.1) is 0 Å². The summed E-state index contributed by atoms with van der Waals surface area (Å²) in [4.78, 5) is 24.3. The molecule has 0 atom stereocenters. The number of hydrogen-bond acceptors (Lipinski definition) is 6. The SMILES string of the molecule is C=CCn1c(Sc2c(C#N)c(=O)n(C)c(=O)n2C)nnc1C1CC1. The molecule has 24 heavy (non-hydrogen) atoms. The van der Waals surface area contributed by atoms with E-state index in [1.54, 1.807) is 6.08 Å². The molecule has 1 fully saturated rings. The molecule has 0 aliphatic heterocycles. The summed E-state index contributed by atoms with van der Waals surface area (Å²) < 4.78 is 4.12. The van der Waals surface area contributed by atoms with Gasteiger partial charge in [-0.05, 0) is 24.6 Å². The molecule has 0 spiro atoms. The van der Waals surface area contributed by atoms with Crippen LogP contribution in [0.3, 0.4) is 0 Å². The second-order valence-electron chi connectivity index (χ2n) is 5.61. The van der Waals surface area contributed by atoms with Gasteiger partial charge in [-0.25, -0.2) is 4.79 Å². The smallest absolute Gasteiger partial charge is 0.302 e. The van der Waals surface area contributed by atoms with E-state index in [4.69, 9.17) is 0 Å². The Morgan fingerprint density at radius 1 is 1.33 bits per heavy atom. The van der Waals surface area contributed by atoms with Crippen LogP contribution in [0.15, 0.2) is 32.4 Å². The van der Waals surface area contributed by atoms with Crippen LogP contribution in [-0.2, 0) is 20.6 Å². The van der Waals surface area contributed by atoms with E-state index >= 15 is 0 Å². The summed E-state index contributed by atoms with van der Waals surface area (Å²) >= 11 is 1.10. The first-order chi connectivity index (χ1) is 11.5. The van der Waals surface area contributed by atoms with Crippen LogP contribution in [0.2, 0.25) is 0 Å². The van der Waals surface area contributed by atoms with E-state index in [9.17, 15) is 14.9 Å². The number of aromatic nitrogens is 5. The molecule has 0 aromatic carbocycles. The minimum atomic E-state index is -0.611. The summed E-state index contributed by atoms with van der Waals surface area (Å²) in [6.45, 7) is 4.28. The minimum Gasteiger partial charge on any atom is -0.302 e. The van der Waals surface area contributed by atoms with E-state index in [2.05, 4.69) is 16.8 Å². The number of hydrogen-bond donors (Lipinski definition) is 0. The average molecular weight is 344 g/mol. The minimum absolute atomic E-state index is 0.0780. The third-order valence-corrected chi connectivity index (χ3v) is 5.07. The van der Waals surface area contributed by atoms with Crippen LogP contribution in [0.4, 0.5) is 0 Å². The lowest BCUT2D eigenvalue weighted by Gasteiger charge is -2.11. The molecule has 9 heteroatoms. The van der Waals surface area contributed by atoms with Gasteiger partial charge in [0.1, 0.15) is 22.5 Å². The Bertz CT molecular complexity index is 974. The molecule has 3 rings (SSSR count). The number of nitrogens with zero attached hydrogens (tertiary/aromatic N) is 6. The summed E-state index contributed by atoms with van der Waals surface area (Å²) in [5, 5.41) is 18.6. The molecule has 0 radical (unpaired) electrons. The molecule has 124 valence electrons. The first-order valence-corrected chi connectivity index (χ1v) is 8.23. The molecule has 1 saturated carbocycles. The van der Waals surface area contributed by atoms with Crippen LogP contribution >= 0.6 is 11.8 Å². The third-order valence-electron chi connectivity index (χ3n) is 3.91. The van der Waals surface area contributed by atoms with Gasteiger partial charge in [0.25, 0.3) is 5.56 Å². The summed E-state index contributed by atoms with van der Waals surface area (Å²) in [6.07, 6.45) is 3.90. The van der Waals surface area contributed by atoms with Crippen molar-refractivity contribution in [1.29, 1.82) is 5.26 Å². The number of nitriles is 1. The Morgan fingerprint density at radius 3 is 2.62 bits per heavy atom. The van der Waals surface area contributed by atoms with Gasteiger partial charge in [0, 0.05) is 26.6 Å². The molecule has 2 heterocycles. The molecule has 0 amide bonds. The lowest BCUT2D eigenvalue weighted by atomic mass is 10.3. The summed E-state index contributed by atoms with van der Waals surface area (Å²) in [5.74, 6) is 1.28. The lowest BCUT2D eigenvalue weighted by Crippen LogP contribution is -2.39.